The van der Waals surface area contributed by atoms with E-state index in [2.05, 4.69) is 16.0 Å². The summed E-state index contributed by atoms with van der Waals surface area (Å²) < 4.78 is 10.5. The number of unbranched alkanes of at least 4 members (excludes halogenated alkanes) is 13. The number of carbonyl (C=O) groups is 6. The lowest BCUT2D eigenvalue weighted by Gasteiger charge is -2.25. The topological polar surface area (TPSA) is 197 Å². The number of carbonyl (C=O) groups excluding carboxylic acids is 4. The van der Waals surface area contributed by atoms with E-state index in [4.69, 9.17) is 14.6 Å². The number of thioether (sulfide) groups is 1. The number of ether oxygens (including phenoxy) is 2. The fraction of sp³-hybridized carbons (Fsp3) is 0.824. The zero-order valence-corrected chi connectivity index (χ0v) is 30.2. The van der Waals surface area contributed by atoms with Crippen LogP contribution in [0.15, 0.2) is 0 Å². The van der Waals surface area contributed by atoms with E-state index in [9.17, 15) is 33.9 Å². The van der Waals surface area contributed by atoms with Gasteiger partial charge in [-0.25, -0.2) is 4.79 Å². The summed E-state index contributed by atoms with van der Waals surface area (Å²) >= 11 is 1.09. The lowest BCUT2D eigenvalue weighted by molar-refractivity contribution is -0.142. The highest BCUT2D eigenvalue weighted by atomic mass is 32.2. The highest BCUT2D eigenvalue weighted by Gasteiger charge is 2.30. The van der Waals surface area contributed by atoms with Gasteiger partial charge < -0.3 is 35.6 Å². The van der Waals surface area contributed by atoms with Crippen molar-refractivity contribution in [2.24, 2.45) is 0 Å². The maximum absolute atomic E-state index is 12.5. The van der Waals surface area contributed by atoms with Crippen molar-refractivity contribution in [3.63, 3.8) is 0 Å². The number of carboxylic acid groups (broad SMARTS) is 2. The smallest absolute Gasteiger partial charge is 0.326 e. The van der Waals surface area contributed by atoms with Crippen molar-refractivity contribution in [2.45, 2.75) is 141 Å². The van der Waals surface area contributed by atoms with Gasteiger partial charge in [0.05, 0.1) is 19.8 Å². The Labute approximate surface area is 290 Å². The molecule has 0 spiro atoms. The summed E-state index contributed by atoms with van der Waals surface area (Å²) in [6, 6.07) is -1.20. The van der Waals surface area contributed by atoms with Gasteiger partial charge in [0.25, 0.3) is 0 Å². The lowest BCUT2D eigenvalue weighted by Crippen LogP contribution is -2.55. The predicted molar refractivity (Wildman–Crippen MR) is 186 cm³/mol. The molecule has 14 heteroatoms. The summed E-state index contributed by atoms with van der Waals surface area (Å²) in [5.74, 6) is -3.22. The molecular formula is C34H61N3O10S. The third-order valence-electron chi connectivity index (χ3n) is 7.71. The first-order chi connectivity index (χ1) is 22.9. The minimum Gasteiger partial charge on any atom is -0.481 e. The van der Waals surface area contributed by atoms with Crippen LogP contribution in [-0.4, -0.2) is 95.8 Å². The van der Waals surface area contributed by atoms with Crippen molar-refractivity contribution in [3.05, 3.63) is 0 Å². The van der Waals surface area contributed by atoms with Crippen molar-refractivity contribution in [1.29, 1.82) is 0 Å². The average Bonchev–Trinajstić information content (AvgIpc) is 3.03. The number of rotatable bonds is 32. The Kier molecular flexibility index (Phi) is 27.6. The molecule has 48 heavy (non-hydrogen) atoms. The maximum atomic E-state index is 12.5. The van der Waals surface area contributed by atoms with Gasteiger partial charge in [0.2, 0.25) is 22.8 Å². The van der Waals surface area contributed by atoms with E-state index in [-0.39, 0.29) is 69.7 Å². The Morgan fingerprint density at radius 1 is 0.667 bits per heavy atom. The third kappa shape index (κ3) is 27.3. The number of hydrogen-bond acceptors (Lipinski definition) is 9. The SMILES string of the molecule is CSC(=O)COCCOCCNC(=O)C(C)(C)NC(=O)CC[C@H](NC(=O)CCCCCCCCCCCCCCCCC(=O)O)C(=O)O. The molecule has 0 bridgehead atoms. The average molecular weight is 704 g/mol. The van der Waals surface area contributed by atoms with Crippen LogP contribution in [0.1, 0.15) is 129 Å². The second-order valence-electron chi connectivity index (χ2n) is 12.5. The van der Waals surface area contributed by atoms with E-state index in [1.807, 2.05) is 0 Å². The molecule has 0 aliphatic rings. The van der Waals surface area contributed by atoms with Gasteiger partial charge in [0, 0.05) is 25.8 Å². The summed E-state index contributed by atoms with van der Waals surface area (Å²) in [5.41, 5.74) is -1.24. The summed E-state index contributed by atoms with van der Waals surface area (Å²) in [6.45, 7) is 4.03. The Morgan fingerprint density at radius 2 is 1.17 bits per heavy atom. The molecule has 0 saturated carbocycles. The number of hydrogen-bond donors (Lipinski definition) is 5. The fourth-order valence-electron chi connectivity index (χ4n) is 4.84. The van der Waals surface area contributed by atoms with Gasteiger partial charge in [-0.3, -0.25) is 24.0 Å². The molecule has 0 rings (SSSR count). The molecule has 3 amide bonds. The summed E-state index contributed by atoms with van der Waals surface area (Å²) in [5, 5.41) is 25.9. The molecule has 5 N–H and O–H groups in total. The van der Waals surface area contributed by atoms with Gasteiger partial charge in [0.15, 0.2) is 0 Å². The Balaban J connectivity index is 3.98. The van der Waals surface area contributed by atoms with Gasteiger partial charge in [-0.15, -0.1) is 0 Å². The molecule has 0 unspecified atom stereocenters. The number of nitrogens with one attached hydrogen (secondary N) is 3. The van der Waals surface area contributed by atoms with Crippen LogP contribution in [0.2, 0.25) is 0 Å². The van der Waals surface area contributed by atoms with Crippen LogP contribution >= 0.6 is 11.8 Å². The third-order valence-corrected chi connectivity index (χ3v) is 8.28. The standard InChI is InChI=1S/C34H61N3O10S/c1-34(2,33(45)35-22-23-46-24-25-47-26-31(42)48-3)37-29(39)21-20-27(32(43)44)36-28(38)18-16-14-12-10-8-6-4-5-7-9-11-13-15-17-19-30(40)41/h27H,4-26H2,1-3H3,(H,35,45)(H,36,38)(H,37,39)(H,40,41)(H,43,44)/t27-/m0/s1. The Bertz CT molecular complexity index is 948. The van der Waals surface area contributed by atoms with Crippen molar-refractivity contribution in [1.82, 2.24) is 16.0 Å². The van der Waals surface area contributed by atoms with E-state index < -0.39 is 35.3 Å². The van der Waals surface area contributed by atoms with Crippen LogP contribution in [0.4, 0.5) is 0 Å². The number of aliphatic carboxylic acids is 2. The van der Waals surface area contributed by atoms with E-state index in [1.54, 1.807) is 6.26 Å². The van der Waals surface area contributed by atoms with Crippen LogP contribution in [0.3, 0.4) is 0 Å². The molecule has 0 saturated heterocycles. The highest BCUT2D eigenvalue weighted by molar-refractivity contribution is 8.13. The summed E-state index contributed by atoms with van der Waals surface area (Å²) in [6.07, 6.45) is 16.9. The van der Waals surface area contributed by atoms with Crippen LogP contribution in [0.25, 0.3) is 0 Å². The molecule has 0 radical (unpaired) electrons. The maximum Gasteiger partial charge on any atom is 0.326 e. The highest BCUT2D eigenvalue weighted by Crippen LogP contribution is 2.14. The molecule has 0 heterocycles. The molecular weight excluding hydrogens is 642 g/mol. The van der Waals surface area contributed by atoms with Crippen molar-refractivity contribution >= 4 is 46.5 Å². The molecule has 0 aliphatic carbocycles. The van der Waals surface area contributed by atoms with Crippen LogP contribution in [0.5, 0.6) is 0 Å². The Morgan fingerprint density at radius 3 is 1.67 bits per heavy atom. The summed E-state index contributed by atoms with van der Waals surface area (Å²) in [7, 11) is 0. The zero-order chi connectivity index (χ0) is 36.0. The van der Waals surface area contributed by atoms with Crippen molar-refractivity contribution < 1.29 is 48.5 Å². The van der Waals surface area contributed by atoms with Crippen LogP contribution in [-0.2, 0) is 38.2 Å². The quantitative estimate of drug-likeness (QED) is 0.0614. The first-order valence-electron chi connectivity index (χ1n) is 17.4. The molecule has 0 aliphatic heterocycles. The van der Waals surface area contributed by atoms with E-state index in [0.717, 1.165) is 56.7 Å². The van der Waals surface area contributed by atoms with Gasteiger partial charge in [-0.05, 0) is 39.4 Å². The normalized spacial score (nSPS) is 11.9. The van der Waals surface area contributed by atoms with Gasteiger partial charge in [-0.2, -0.15) is 0 Å². The fourth-order valence-corrected chi connectivity index (χ4v) is 5.04. The van der Waals surface area contributed by atoms with E-state index in [1.165, 1.54) is 52.4 Å². The zero-order valence-electron chi connectivity index (χ0n) is 29.4. The monoisotopic (exact) mass is 703 g/mol. The van der Waals surface area contributed by atoms with Gasteiger partial charge in [-0.1, -0.05) is 88.8 Å². The molecule has 0 fully saturated rings. The van der Waals surface area contributed by atoms with Crippen molar-refractivity contribution in [2.75, 3.05) is 39.2 Å². The number of carboxylic acids is 2. The van der Waals surface area contributed by atoms with Crippen LogP contribution in [0, 0.1) is 0 Å². The van der Waals surface area contributed by atoms with Crippen LogP contribution < -0.4 is 16.0 Å². The minimum atomic E-state index is -1.24. The first kappa shape index (κ1) is 45.3. The number of amides is 3. The lowest BCUT2D eigenvalue weighted by atomic mass is 10.0. The molecule has 0 aromatic rings. The van der Waals surface area contributed by atoms with E-state index in [0.29, 0.717) is 6.42 Å². The van der Waals surface area contributed by atoms with Gasteiger partial charge in [0.1, 0.15) is 18.2 Å². The first-order valence-corrected chi connectivity index (χ1v) is 18.7. The molecule has 0 aromatic heterocycles. The van der Waals surface area contributed by atoms with E-state index >= 15 is 0 Å². The predicted octanol–water partition coefficient (Wildman–Crippen LogP) is 4.60. The second-order valence-corrected chi connectivity index (χ2v) is 13.4. The van der Waals surface area contributed by atoms with Crippen molar-refractivity contribution in [3.8, 4) is 0 Å². The minimum absolute atomic E-state index is 0.0142. The Hall–Kier alpha value is -2.71. The summed E-state index contributed by atoms with van der Waals surface area (Å²) in [4.78, 5) is 70.7. The second kappa shape index (κ2) is 29.2. The molecule has 13 nitrogen and oxygen atoms in total. The largest absolute Gasteiger partial charge is 0.481 e. The molecule has 1 atom stereocenters. The molecule has 278 valence electrons. The molecule has 0 aromatic carbocycles. The van der Waals surface area contributed by atoms with Gasteiger partial charge >= 0.3 is 11.9 Å².